The highest BCUT2D eigenvalue weighted by Crippen LogP contribution is 2.46. The molecule has 12 heteroatoms. The lowest BCUT2D eigenvalue weighted by molar-refractivity contribution is 0.0935. The third-order valence-electron chi connectivity index (χ3n) is 5.00. The first-order chi connectivity index (χ1) is 15.7. The predicted molar refractivity (Wildman–Crippen MR) is 120 cm³/mol. The zero-order valence-corrected chi connectivity index (χ0v) is 19.1. The number of amides is 1. The average molecular weight is 495 g/mol. The highest BCUT2D eigenvalue weighted by atomic mass is 32.2. The van der Waals surface area contributed by atoms with Crippen molar-refractivity contribution in [2.24, 2.45) is 0 Å². The molecule has 1 aliphatic carbocycles. The second-order valence-electron chi connectivity index (χ2n) is 7.36. The smallest absolute Gasteiger partial charge is 0.355 e. The van der Waals surface area contributed by atoms with Crippen LogP contribution in [-0.4, -0.2) is 36.7 Å². The van der Waals surface area contributed by atoms with Crippen molar-refractivity contribution in [3.8, 4) is 16.5 Å². The van der Waals surface area contributed by atoms with E-state index in [-0.39, 0.29) is 11.6 Å². The summed E-state index contributed by atoms with van der Waals surface area (Å²) in [6.07, 6.45) is 4.39. The van der Waals surface area contributed by atoms with Crippen molar-refractivity contribution in [2.75, 3.05) is 11.3 Å². The second-order valence-corrected chi connectivity index (χ2v) is 10.1. The molecule has 174 valence electrons. The first-order valence-corrected chi connectivity index (χ1v) is 12.4. The van der Waals surface area contributed by atoms with Gasteiger partial charge in [0.15, 0.2) is 0 Å². The Morgan fingerprint density at radius 1 is 1.24 bits per heavy atom. The second kappa shape index (κ2) is 9.02. The molecule has 1 saturated carbocycles. The number of thiophene rings is 1. The van der Waals surface area contributed by atoms with Crippen LogP contribution in [0.2, 0.25) is 0 Å². The van der Waals surface area contributed by atoms with Crippen LogP contribution in [0.5, 0.6) is 5.88 Å². The van der Waals surface area contributed by atoms with E-state index in [0.29, 0.717) is 41.5 Å². The number of alkyl halides is 2. The number of halogens is 2. The van der Waals surface area contributed by atoms with Gasteiger partial charge in [0.25, 0.3) is 15.9 Å². The number of aromatic nitrogens is 2. The van der Waals surface area contributed by atoms with Crippen molar-refractivity contribution in [1.82, 2.24) is 15.3 Å². The molecule has 1 amide bonds. The fourth-order valence-electron chi connectivity index (χ4n) is 3.26. The van der Waals surface area contributed by atoms with E-state index in [1.54, 1.807) is 30.5 Å². The highest BCUT2D eigenvalue weighted by Gasteiger charge is 2.46. The summed E-state index contributed by atoms with van der Waals surface area (Å²) >= 11 is 1.25. The van der Waals surface area contributed by atoms with E-state index in [9.17, 15) is 22.0 Å². The quantitative estimate of drug-likeness (QED) is 0.466. The molecule has 3 aromatic rings. The summed E-state index contributed by atoms with van der Waals surface area (Å²) in [5.41, 5.74) is 0.560. The lowest BCUT2D eigenvalue weighted by Gasteiger charge is -2.19. The standard InChI is InChI=1S/C21H20F2N4O4S2/c1-2-31-18-12-24-11-15(25-18)16-6-7-17(32-16)19(28)26-21(8-9-21)13-4-3-5-14(10-13)27-33(29,30)20(22)23/h3-7,10-12,20,27H,2,8-9H2,1H3,(H,26,28). The Bertz CT molecular complexity index is 1280. The number of nitrogens with one attached hydrogen (secondary N) is 2. The van der Waals surface area contributed by atoms with E-state index in [2.05, 4.69) is 15.3 Å². The van der Waals surface area contributed by atoms with Crippen molar-refractivity contribution in [3.05, 3.63) is 59.2 Å². The van der Waals surface area contributed by atoms with Crippen LogP contribution in [0.3, 0.4) is 0 Å². The van der Waals surface area contributed by atoms with Crippen LogP contribution in [0, 0.1) is 0 Å². The molecule has 0 spiro atoms. The van der Waals surface area contributed by atoms with E-state index in [1.165, 1.54) is 29.7 Å². The van der Waals surface area contributed by atoms with Crippen LogP contribution in [0.4, 0.5) is 14.5 Å². The third kappa shape index (κ3) is 5.11. The molecule has 8 nitrogen and oxygen atoms in total. The maximum absolute atomic E-state index is 12.9. The van der Waals surface area contributed by atoms with E-state index in [1.807, 2.05) is 11.6 Å². The molecule has 1 aromatic carbocycles. The van der Waals surface area contributed by atoms with Gasteiger partial charge in [0.1, 0.15) is 5.69 Å². The van der Waals surface area contributed by atoms with E-state index in [4.69, 9.17) is 4.74 Å². The average Bonchev–Trinajstić information content (AvgIpc) is 3.38. The summed E-state index contributed by atoms with van der Waals surface area (Å²) in [5, 5.41) is 2.99. The number of anilines is 1. The van der Waals surface area contributed by atoms with Crippen LogP contribution in [-0.2, 0) is 15.6 Å². The number of rotatable bonds is 9. The maximum atomic E-state index is 12.9. The molecule has 2 N–H and O–H groups in total. The fourth-order valence-corrected chi connectivity index (χ4v) is 4.66. The molecular formula is C21H20F2N4O4S2. The van der Waals surface area contributed by atoms with Gasteiger partial charge in [-0.1, -0.05) is 12.1 Å². The van der Waals surface area contributed by atoms with Gasteiger partial charge in [0.05, 0.1) is 34.3 Å². The SMILES string of the molecule is CCOc1cncc(-c2ccc(C(=O)NC3(c4cccc(NS(=O)(=O)C(F)F)c4)CC3)s2)n1. The van der Waals surface area contributed by atoms with Crippen LogP contribution in [0.1, 0.15) is 35.0 Å². The first-order valence-electron chi connectivity index (χ1n) is 10.0. The molecule has 0 bridgehead atoms. The summed E-state index contributed by atoms with van der Waals surface area (Å²) in [5.74, 6) is -3.44. The minimum Gasteiger partial charge on any atom is -0.477 e. The molecule has 2 heterocycles. The number of sulfonamides is 1. The Morgan fingerprint density at radius 2 is 2.03 bits per heavy atom. The van der Waals surface area contributed by atoms with Crippen LogP contribution < -0.4 is 14.8 Å². The lowest BCUT2D eigenvalue weighted by Crippen LogP contribution is -2.34. The number of hydrogen-bond donors (Lipinski definition) is 2. The van der Waals surface area contributed by atoms with E-state index in [0.717, 1.165) is 4.88 Å². The molecule has 0 saturated heterocycles. The number of benzene rings is 1. The number of carbonyl (C=O) groups excluding carboxylic acids is 1. The van der Waals surface area contributed by atoms with Crippen molar-refractivity contribution in [1.29, 1.82) is 0 Å². The maximum Gasteiger partial charge on any atom is 0.355 e. The van der Waals surface area contributed by atoms with Gasteiger partial charge in [0, 0.05) is 5.69 Å². The van der Waals surface area contributed by atoms with E-state index < -0.39 is 21.3 Å². The Morgan fingerprint density at radius 3 is 2.73 bits per heavy atom. The Hall–Kier alpha value is -3.12. The molecule has 0 unspecified atom stereocenters. The summed E-state index contributed by atoms with van der Waals surface area (Å²) in [4.78, 5) is 22.6. The van der Waals surface area contributed by atoms with Gasteiger partial charge in [-0.2, -0.15) is 8.78 Å². The molecule has 1 fully saturated rings. The van der Waals surface area contributed by atoms with Gasteiger partial charge >= 0.3 is 5.76 Å². The number of hydrogen-bond acceptors (Lipinski definition) is 7. The normalized spacial score (nSPS) is 14.7. The molecule has 0 aliphatic heterocycles. The summed E-state index contributed by atoms with van der Waals surface area (Å²) in [6.45, 7) is 2.31. The molecule has 4 rings (SSSR count). The molecule has 33 heavy (non-hydrogen) atoms. The highest BCUT2D eigenvalue weighted by molar-refractivity contribution is 7.93. The van der Waals surface area contributed by atoms with Crippen LogP contribution in [0.15, 0.2) is 48.8 Å². The first kappa shape index (κ1) is 23.1. The third-order valence-corrected chi connectivity index (χ3v) is 7.10. The van der Waals surface area contributed by atoms with Gasteiger partial charge in [-0.3, -0.25) is 14.5 Å². The Balaban J connectivity index is 1.50. The molecule has 1 aliphatic rings. The number of nitrogens with zero attached hydrogens (tertiary/aromatic N) is 2. The zero-order chi connectivity index (χ0) is 23.6. The number of ether oxygens (including phenoxy) is 1. The van der Waals surface area contributed by atoms with Crippen molar-refractivity contribution in [3.63, 3.8) is 0 Å². The minimum absolute atomic E-state index is 0.0134. The van der Waals surface area contributed by atoms with Crippen molar-refractivity contribution in [2.45, 2.75) is 31.1 Å². The molecular weight excluding hydrogens is 474 g/mol. The predicted octanol–water partition coefficient (Wildman–Crippen LogP) is 3.99. The molecule has 2 aromatic heterocycles. The van der Waals surface area contributed by atoms with Gasteiger partial charge in [0.2, 0.25) is 5.88 Å². The Kier molecular flexibility index (Phi) is 6.30. The largest absolute Gasteiger partial charge is 0.477 e. The van der Waals surface area contributed by atoms with Crippen molar-refractivity contribution >= 4 is 33.0 Å². The summed E-state index contributed by atoms with van der Waals surface area (Å²) < 4.78 is 55.5. The van der Waals surface area contributed by atoms with E-state index >= 15 is 0 Å². The molecule has 0 radical (unpaired) electrons. The van der Waals surface area contributed by atoms with Crippen molar-refractivity contribution < 1.29 is 26.7 Å². The summed E-state index contributed by atoms with van der Waals surface area (Å²) in [7, 11) is -4.78. The van der Waals surface area contributed by atoms with Gasteiger partial charge in [-0.15, -0.1) is 11.3 Å². The zero-order valence-electron chi connectivity index (χ0n) is 17.4. The van der Waals surface area contributed by atoms with Gasteiger partial charge in [-0.25, -0.2) is 13.4 Å². The topological polar surface area (TPSA) is 110 Å². The fraction of sp³-hybridized carbons (Fsp3) is 0.286. The lowest BCUT2D eigenvalue weighted by atomic mass is 10.0. The minimum atomic E-state index is -4.78. The van der Waals surface area contributed by atoms with Gasteiger partial charge < -0.3 is 10.1 Å². The van der Waals surface area contributed by atoms with Gasteiger partial charge in [-0.05, 0) is 49.6 Å². The molecule has 0 atom stereocenters. The summed E-state index contributed by atoms with van der Waals surface area (Å²) in [6, 6.07) is 9.58. The Labute approximate surface area is 193 Å². The van der Waals surface area contributed by atoms with Crippen LogP contribution in [0.25, 0.3) is 10.6 Å². The van der Waals surface area contributed by atoms with Crippen LogP contribution >= 0.6 is 11.3 Å². The monoisotopic (exact) mass is 494 g/mol. The number of carbonyl (C=O) groups is 1.